The number of hydrogen-bond acceptors (Lipinski definition) is 6. The number of fused-ring (bicyclic) bond motifs is 1. The first-order valence-corrected chi connectivity index (χ1v) is 10.3. The second kappa shape index (κ2) is 9.42. The molecule has 31 heavy (non-hydrogen) atoms. The molecule has 1 N–H and O–H groups in total. The van der Waals surface area contributed by atoms with E-state index >= 15 is 0 Å². The van der Waals surface area contributed by atoms with Crippen LogP contribution in [0.5, 0.6) is 11.5 Å². The minimum atomic E-state index is -0.297. The van der Waals surface area contributed by atoms with Crippen LogP contribution in [0.2, 0.25) is 0 Å². The van der Waals surface area contributed by atoms with Gasteiger partial charge in [-0.2, -0.15) is 4.52 Å². The molecule has 0 atom stereocenters. The molecule has 0 aliphatic heterocycles. The van der Waals surface area contributed by atoms with Crippen LogP contribution in [-0.2, 0) is 6.42 Å². The summed E-state index contributed by atoms with van der Waals surface area (Å²) in [5, 5.41) is 16.3. The van der Waals surface area contributed by atoms with E-state index in [0.717, 1.165) is 29.0 Å². The van der Waals surface area contributed by atoms with Gasteiger partial charge in [0.05, 0.1) is 13.2 Å². The number of hydrogen-bond donors (Lipinski definition) is 1. The first kappa shape index (κ1) is 20.6. The molecule has 7 nitrogen and oxygen atoms in total. The first-order valence-electron chi connectivity index (χ1n) is 10.3. The molecule has 4 aromatic rings. The highest BCUT2D eigenvalue weighted by Crippen LogP contribution is 2.28. The molecule has 2 aromatic carbocycles. The smallest absolute Gasteiger partial charge is 0.185 e. The van der Waals surface area contributed by atoms with Gasteiger partial charge in [0, 0.05) is 12.1 Å². The van der Waals surface area contributed by atoms with E-state index in [0.29, 0.717) is 37.0 Å². The van der Waals surface area contributed by atoms with Crippen molar-refractivity contribution in [1.82, 2.24) is 19.8 Å². The summed E-state index contributed by atoms with van der Waals surface area (Å²) in [6.07, 6.45) is 0.791. The van der Waals surface area contributed by atoms with Crippen molar-refractivity contribution in [3.05, 3.63) is 66.0 Å². The van der Waals surface area contributed by atoms with Crippen molar-refractivity contribution in [2.24, 2.45) is 0 Å². The third kappa shape index (κ3) is 4.74. The highest BCUT2D eigenvalue weighted by molar-refractivity contribution is 5.59. The van der Waals surface area contributed by atoms with Gasteiger partial charge in [0.25, 0.3) is 0 Å². The van der Waals surface area contributed by atoms with Gasteiger partial charge in [-0.15, -0.1) is 15.3 Å². The SMILES string of the molecule is CCOc1ccc(CCNc2ccc3nnc(-c4ccc(F)cc4)n3n2)cc1OCC. The minimum absolute atomic E-state index is 0.297. The van der Waals surface area contributed by atoms with Crippen LogP contribution in [0, 0.1) is 5.82 Å². The average Bonchev–Trinajstić information content (AvgIpc) is 3.20. The summed E-state index contributed by atoms with van der Waals surface area (Å²) in [5.41, 5.74) is 2.51. The van der Waals surface area contributed by atoms with Gasteiger partial charge < -0.3 is 14.8 Å². The fourth-order valence-corrected chi connectivity index (χ4v) is 3.25. The van der Waals surface area contributed by atoms with E-state index in [2.05, 4.69) is 20.6 Å². The average molecular weight is 421 g/mol. The Hall–Kier alpha value is -3.68. The highest BCUT2D eigenvalue weighted by atomic mass is 19.1. The van der Waals surface area contributed by atoms with E-state index in [1.807, 2.05) is 44.2 Å². The van der Waals surface area contributed by atoms with Crippen molar-refractivity contribution < 1.29 is 13.9 Å². The van der Waals surface area contributed by atoms with E-state index in [1.54, 1.807) is 16.6 Å². The summed E-state index contributed by atoms with van der Waals surface area (Å²) in [6, 6.07) is 15.8. The van der Waals surface area contributed by atoms with E-state index in [-0.39, 0.29) is 5.82 Å². The predicted octanol–water partition coefficient (Wildman–Crippen LogP) is 4.38. The Balaban J connectivity index is 1.46. The summed E-state index contributed by atoms with van der Waals surface area (Å²) < 4.78 is 26.2. The fraction of sp³-hybridized carbons (Fsp3) is 0.261. The number of halogens is 1. The second-order valence-corrected chi connectivity index (χ2v) is 6.84. The van der Waals surface area contributed by atoms with Crippen molar-refractivity contribution in [1.29, 1.82) is 0 Å². The Kier molecular flexibility index (Phi) is 6.26. The van der Waals surface area contributed by atoms with Crippen LogP contribution in [0.25, 0.3) is 17.0 Å². The number of benzene rings is 2. The zero-order valence-electron chi connectivity index (χ0n) is 17.5. The highest BCUT2D eigenvalue weighted by Gasteiger charge is 2.11. The van der Waals surface area contributed by atoms with E-state index in [9.17, 15) is 4.39 Å². The quantitative estimate of drug-likeness (QED) is 0.432. The van der Waals surface area contributed by atoms with Gasteiger partial charge in [-0.1, -0.05) is 6.07 Å². The molecule has 0 bridgehead atoms. The molecule has 0 aliphatic carbocycles. The number of aromatic nitrogens is 4. The summed E-state index contributed by atoms with van der Waals surface area (Å²) in [6.45, 7) is 5.77. The Morgan fingerprint density at radius 3 is 2.45 bits per heavy atom. The predicted molar refractivity (Wildman–Crippen MR) is 117 cm³/mol. The topological polar surface area (TPSA) is 73.6 Å². The van der Waals surface area contributed by atoms with Gasteiger partial charge in [0.1, 0.15) is 11.6 Å². The Labute approximate surface area is 179 Å². The molecule has 160 valence electrons. The van der Waals surface area contributed by atoms with Crippen LogP contribution < -0.4 is 14.8 Å². The van der Waals surface area contributed by atoms with Crippen molar-refractivity contribution in [2.45, 2.75) is 20.3 Å². The number of rotatable bonds is 9. The standard InChI is InChI=1S/C23H24FN5O2/c1-3-30-19-10-5-16(15-20(19)31-4-2)13-14-25-21-11-12-22-26-27-23(29(22)28-21)17-6-8-18(24)9-7-17/h5-12,15H,3-4,13-14H2,1-2H3,(H,25,28). The molecule has 0 fully saturated rings. The fourth-order valence-electron chi connectivity index (χ4n) is 3.25. The summed E-state index contributed by atoms with van der Waals surface area (Å²) >= 11 is 0. The maximum atomic E-state index is 13.2. The van der Waals surface area contributed by atoms with E-state index in [1.165, 1.54) is 12.1 Å². The number of nitrogens with zero attached hydrogens (tertiary/aromatic N) is 4. The monoisotopic (exact) mass is 421 g/mol. The lowest BCUT2D eigenvalue weighted by Gasteiger charge is -2.13. The number of nitrogens with one attached hydrogen (secondary N) is 1. The second-order valence-electron chi connectivity index (χ2n) is 6.84. The lowest BCUT2D eigenvalue weighted by atomic mass is 10.1. The van der Waals surface area contributed by atoms with Gasteiger partial charge in [0.15, 0.2) is 23.0 Å². The maximum absolute atomic E-state index is 13.2. The Morgan fingerprint density at radius 1 is 0.903 bits per heavy atom. The number of anilines is 1. The molecule has 0 radical (unpaired) electrons. The zero-order chi connectivity index (χ0) is 21.6. The Morgan fingerprint density at radius 2 is 1.68 bits per heavy atom. The molecule has 0 saturated heterocycles. The van der Waals surface area contributed by atoms with Gasteiger partial charge in [-0.25, -0.2) is 4.39 Å². The van der Waals surface area contributed by atoms with Crippen LogP contribution in [0.4, 0.5) is 10.2 Å². The van der Waals surface area contributed by atoms with Crippen molar-refractivity contribution in [2.75, 3.05) is 25.1 Å². The molecule has 2 heterocycles. The van der Waals surface area contributed by atoms with Crippen LogP contribution in [0.15, 0.2) is 54.6 Å². The first-order chi connectivity index (χ1) is 15.2. The molecule has 0 unspecified atom stereocenters. The van der Waals surface area contributed by atoms with E-state index < -0.39 is 0 Å². The summed E-state index contributed by atoms with van der Waals surface area (Å²) in [7, 11) is 0. The van der Waals surface area contributed by atoms with Crippen molar-refractivity contribution >= 4 is 11.5 Å². The van der Waals surface area contributed by atoms with Crippen molar-refractivity contribution in [3.8, 4) is 22.9 Å². The van der Waals surface area contributed by atoms with E-state index in [4.69, 9.17) is 9.47 Å². The van der Waals surface area contributed by atoms with Crippen LogP contribution >= 0.6 is 0 Å². The normalized spacial score (nSPS) is 10.9. The van der Waals surface area contributed by atoms with Crippen LogP contribution in [0.1, 0.15) is 19.4 Å². The third-order valence-electron chi connectivity index (χ3n) is 4.69. The lowest BCUT2D eigenvalue weighted by Crippen LogP contribution is -2.09. The van der Waals surface area contributed by atoms with Crippen LogP contribution in [-0.4, -0.2) is 39.6 Å². The molecular weight excluding hydrogens is 397 g/mol. The molecule has 8 heteroatoms. The van der Waals surface area contributed by atoms with Gasteiger partial charge in [0.2, 0.25) is 0 Å². The molecule has 4 rings (SSSR count). The molecule has 0 spiro atoms. The summed E-state index contributed by atoms with van der Waals surface area (Å²) in [4.78, 5) is 0. The minimum Gasteiger partial charge on any atom is -0.490 e. The molecule has 0 saturated carbocycles. The zero-order valence-corrected chi connectivity index (χ0v) is 17.5. The molecule has 0 amide bonds. The largest absolute Gasteiger partial charge is 0.490 e. The Bertz CT molecular complexity index is 1160. The van der Waals surface area contributed by atoms with Gasteiger partial charge in [-0.05, 0) is 74.4 Å². The van der Waals surface area contributed by atoms with Gasteiger partial charge >= 0.3 is 0 Å². The third-order valence-corrected chi connectivity index (χ3v) is 4.69. The molecule has 2 aromatic heterocycles. The van der Waals surface area contributed by atoms with Gasteiger partial charge in [-0.3, -0.25) is 0 Å². The van der Waals surface area contributed by atoms with Crippen molar-refractivity contribution in [3.63, 3.8) is 0 Å². The lowest BCUT2D eigenvalue weighted by molar-refractivity contribution is 0.287. The molecular formula is C23H24FN5O2. The maximum Gasteiger partial charge on any atom is 0.185 e. The number of ether oxygens (including phenoxy) is 2. The van der Waals surface area contributed by atoms with Crippen LogP contribution in [0.3, 0.4) is 0 Å². The summed E-state index contributed by atoms with van der Waals surface area (Å²) in [5.74, 6) is 2.48. The molecule has 0 aliphatic rings.